The molecule has 1 aromatic carbocycles. The highest BCUT2D eigenvalue weighted by atomic mass is 35.5. The third-order valence-corrected chi connectivity index (χ3v) is 6.87. The molecule has 224 valence electrons. The molecule has 0 aliphatic carbocycles. The van der Waals surface area contributed by atoms with E-state index >= 15 is 0 Å². The molecule has 1 heterocycles. The zero-order valence-electron chi connectivity index (χ0n) is 24.6. The van der Waals surface area contributed by atoms with Crippen LogP contribution in [0.3, 0.4) is 0 Å². The van der Waals surface area contributed by atoms with E-state index < -0.39 is 29.9 Å². The minimum atomic E-state index is -1.15. The standard InChI is InChI=1S/C29H37ClN4O5.C2H6/c1-5-8-9-24(28(38)31-15-14-20-17-32-23(7-3)21(20)6-2)34-29(39)25(12-13-26(35)36)33-27(37)19-11-10-18(4)22(30)16-19;1-2/h3,6,10-11,16-17,23-25,32H,5,8-9,12-15H2,1-2,4H3,(H,31,38)(H,33,37)(H,34,39)(H,35,36);1-2H3/b21-6-;. The minimum absolute atomic E-state index is 0.141. The average Bonchev–Trinajstić information content (AvgIpc) is 3.37. The summed E-state index contributed by atoms with van der Waals surface area (Å²) in [7, 11) is 0. The fourth-order valence-corrected chi connectivity index (χ4v) is 4.33. The first-order valence-electron chi connectivity index (χ1n) is 14.1. The van der Waals surface area contributed by atoms with Crippen LogP contribution in [0.15, 0.2) is 41.6 Å². The normalized spacial score (nSPS) is 16.2. The van der Waals surface area contributed by atoms with E-state index in [-0.39, 0.29) is 30.4 Å². The Bertz CT molecular complexity index is 1170. The fraction of sp³-hybridized carbons (Fsp3) is 0.484. The van der Waals surface area contributed by atoms with E-state index in [4.69, 9.17) is 23.1 Å². The number of halogens is 1. The van der Waals surface area contributed by atoms with Gasteiger partial charge in [-0.1, -0.05) is 63.3 Å². The number of terminal acetylenes is 1. The smallest absolute Gasteiger partial charge is 0.303 e. The van der Waals surface area contributed by atoms with Gasteiger partial charge in [-0.2, -0.15) is 0 Å². The van der Waals surface area contributed by atoms with Crippen molar-refractivity contribution in [1.29, 1.82) is 0 Å². The molecule has 0 spiro atoms. The Hall–Kier alpha value is -3.77. The Labute approximate surface area is 248 Å². The van der Waals surface area contributed by atoms with Gasteiger partial charge in [-0.15, -0.1) is 6.42 Å². The molecule has 0 radical (unpaired) electrons. The summed E-state index contributed by atoms with van der Waals surface area (Å²) in [6.45, 7) is 10.0. The summed E-state index contributed by atoms with van der Waals surface area (Å²) in [5.74, 6) is 0.0140. The van der Waals surface area contributed by atoms with E-state index in [1.807, 2.05) is 40.0 Å². The second-order valence-electron chi connectivity index (χ2n) is 9.35. The van der Waals surface area contributed by atoms with Crippen molar-refractivity contribution in [3.8, 4) is 12.3 Å². The van der Waals surface area contributed by atoms with Crippen LogP contribution in [0.2, 0.25) is 5.02 Å². The first-order chi connectivity index (χ1) is 19.6. The van der Waals surface area contributed by atoms with Gasteiger partial charge in [-0.05, 0) is 62.0 Å². The molecule has 3 unspecified atom stereocenters. The Balaban J connectivity index is 0.00000411. The van der Waals surface area contributed by atoms with Crippen molar-refractivity contribution in [2.24, 2.45) is 0 Å². The zero-order chi connectivity index (χ0) is 30.9. The summed E-state index contributed by atoms with van der Waals surface area (Å²) in [5, 5.41) is 20.9. The number of aliphatic carboxylic acids is 1. The quantitative estimate of drug-likeness (QED) is 0.207. The summed E-state index contributed by atoms with van der Waals surface area (Å²) >= 11 is 6.13. The summed E-state index contributed by atoms with van der Waals surface area (Å²) in [4.78, 5) is 50.2. The van der Waals surface area contributed by atoms with Gasteiger partial charge in [0.05, 0.1) is 0 Å². The molecule has 0 bridgehead atoms. The molecule has 0 fully saturated rings. The van der Waals surface area contributed by atoms with Crippen molar-refractivity contribution >= 4 is 35.3 Å². The molecule has 2 rings (SSSR count). The average molecular weight is 587 g/mol. The van der Waals surface area contributed by atoms with E-state index in [9.17, 15) is 19.2 Å². The Morgan fingerprint density at radius 3 is 2.41 bits per heavy atom. The highest BCUT2D eigenvalue weighted by Crippen LogP contribution is 2.22. The third-order valence-electron chi connectivity index (χ3n) is 6.46. The molecule has 1 aliphatic heterocycles. The van der Waals surface area contributed by atoms with E-state index in [2.05, 4.69) is 27.2 Å². The predicted octanol–water partition coefficient (Wildman–Crippen LogP) is 4.25. The van der Waals surface area contributed by atoms with E-state index in [1.54, 1.807) is 19.1 Å². The summed E-state index contributed by atoms with van der Waals surface area (Å²) in [6.07, 6.45) is 11.3. The molecule has 0 saturated carbocycles. The zero-order valence-corrected chi connectivity index (χ0v) is 25.4. The number of unbranched alkanes of at least 4 members (excludes halogenated alkanes) is 1. The summed E-state index contributed by atoms with van der Waals surface area (Å²) < 4.78 is 0. The molecular weight excluding hydrogens is 544 g/mol. The van der Waals surface area contributed by atoms with Crippen LogP contribution in [-0.2, 0) is 14.4 Å². The number of hydrogen-bond donors (Lipinski definition) is 5. The van der Waals surface area contributed by atoms with Crippen LogP contribution < -0.4 is 21.3 Å². The third kappa shape index (κ3) is 11.3. The molecule has 5 N–H and O–H groups in total. The minimum Gasteiger partial charge on any atom is -0.481 e. The monoisotopic (exact) mass is 586 g/mol. The fourth-order valence-electron chi connectivity index (χ4n) is 4.15. The van der Waals surface area contributed by atoms with Gasteiger partial charge in [0.15, 0.2) is 0 Å². The molecule has 10 heteroatoms. The number of carbonyl (C=O) groups excluding carboxylic acids is 3. The van der Waals surface area contributed by atoms with Crippen LogP contribution in [0.4, 0.5) is 0 Å². The van der Waals surface area contributed by atoms with Crippen LogP contribution >= 0.6 is 11.6 Å². The van der Waals surface area contributed by atoms with E-state index in [0.717, 1.165) is 23.1 Å². The lowest BCUT2D eigenvalue weighted by atomic mass is 10.0. The van der Waals surface area contributed by atoms with Crippen LogP contribution in [0.5, 0.6) is 0 Å². The van der Waals surface area contributed by atoms with Gasteiger partial charge in [0, 0.05) is 29.8 Å². The van der Waals surface area contributed by atoms with Gasteiger partial charge in [0.2, 0.25) is 11.8 Å². The van der Waals surface area contributed by atoms with Crippen molar-refractivity contribution in [3.05, 3.63) is 57.8 Å². The Morgan fingerprint density at radius 1 is 1.15 bits per heavy atom. The van der Waals surface area contributed by atoms with Crippen molar-refractivity contribution in [1.82, 2.24) is 21.3 Å². The molecule has 3 atom stereocenters. The van der Waals surface area contributed by atoms with Crippen LogP contribution in [0, 0.1) is 19.3 Å². The van der Waals surface area contributed by atoms with Gasteiger partial charge in [0.1, 0.15) is 18.1 Å². The number of allylic oxidation sites excluding steroid dienone is 1. The predicted molar refractivity (Wildman–Crippen MR) is 162 cm³/mol. The number of carboxylic acids is 1. The first-order valence-corrected chi connectivity index (χ1v) is 14.4. The van der Waals surface area contributed by atoms with Gasteiger partial charge >= 0.3 is 5.97 Å². The molecule has 1 aliphatic rings. The molecule has 0 aromatic heterocycles. The topological polar surface area (TPSA) is 137 Å². The Kier molecular flexibility index (Phi) is 16.0. The number of hydrogen-bond acceptors (Lipinski definition) is 5. The van der Waals surface area contributed by atoms with Crippen LogP contribution in [0.25, 0.3) is 0 Å². The van der Waals surface area contributed by atoms with Gasteiger partial charge in [-0.25, -0.2) is 0 Å². The second kappa shape index (κ2) is 18.6. The molecule has 0 saturated heterocycles. The molecule has 1 aromatic rings. The number of carboxylic acid groups (broad SMARTS) is 1. The van der Waals surface area contributed by atoms with Gasteiger partial charge < -0.3 is 26.4 Å². The molecular formula is C31H43ClN4O5. The first kappa shape index (κ1) is 35.3. The summed E-state index contributed by atoms with van der Waals surface area (Å²) in [5.41, 5.74) is 3.02. The number of benzene rings is 1. The van der Waals surface area contributed by atoms with Crippen molar-refractivity contribution in [2.45, 2.75) is 91.3 Å². The second-order valence-corrected chi connectivity index (χ2v) is 9.75. The van der Waals surface area contributed by atoms with Gasteiger partial charge in [0.25, 0.3) is 5.91 Å². The highest BCUT2D eigenvalue weighted by molar-refractivity contribution is 6.31. The molecule has 9 nitrogen and oxygen atoms in total. The number of carbonyl (C=O) groups is 4. The van der Waals surface area contributed by atoms with E-state index in [0.29, 0.717) is 30.8 Å². The van der Waals surface area contributed by atoms with Crippen molar-refractivity contribution in [3.63, 3.8) is 0 Å². The Morgan fingerprint density at radius 2 is 1.83 bits per heavy atom. The van der Waals surface area contributed by atoms with E-state index in [1.165, 1.54) is 6.07 Å². The SMILES string of the molecule is C#CC1NC=C(CCNC(=O)C(CCCC)NC(=O)C(CCC(=O)O)NC(=O)c2ccc(C)c(Cl)c2)/C1=C/C.CC. The number of rotatable bonds is 14. The summed E-state index contributed by atoms with van der Waals surface area (Å²) in [6, 6.07) is 2.55. The van der Waals surface area contributed by atoms with Gasteiger partial charge in [-0.3, -0.25) is 19.2 Å². The maximum atomic E-state index is 13.2. The maximum absolute atomic E-state index is 13.2. The van der Waals surface area contributed by atoms with Crippen LogP contribution in [-0.4, -0.2) is 53.5 Å². The van der Waals surface area contributed by atoms with Crippen molar-refractivity contribution < 1.29 is 24.3 Å². The molecule has 41 heavy (non-hydrogen) atoms. The number of aryl methyl sites for hydroxylation is 1. The maximum Gasteiger partial charge on any atom is 0.303 e. The number of amides is 3. The van der Waals surface area contributed by atoms with Crippen LogP contribution in [0.1, 0.15) is 82.1 Å². The molecule has 3 amide bonds. The largest absolute Gasteiger partial charge is 0.481 e. The van der Waals surface area contributed by atoms with Crippen molar-refractivity contribution in [2.75, 3.05) is 6.54 Å². The highest BCUT2D eigenvalue weighted by Gasteiger charge is 2.28. The lowest BCUT2D eigenvalue weighted by molar-refractivity contribution is -0.137. The number of nitrogens with one attached hydrogen (secondary N) is 4. The lowest BCUT2D eigenvalue weighted by Gasteiger charge is -2.23. The lowest BCUT2D eigenvalue weighted by Crippen LogP contribution is -2.54.